The lowest BCUT2D eigenvalue weighted by molar-refractivity contribution is 0.338. The van der Waals surface area contributed by atoms with Gasteiger partial charge in [0, 0.05) is 36.5 Å². The topological polar surface area (TPSA) is 92.5 Å². The number of hydrogen-bond acceptors (Lipinski definition) is 6. The van der Waals surface area contributed by atoms with Gasteiger partial charge in [0.05, 0.1) is 30.1 Å². The van der Waals surface area contributed by atoms with Crippen LogP contribution in [-0.4, -0.2) is 40.3 Å². The lowest BCUT2D eigenvalue weighted by Crippen LogP contribution is -2.28. The molecule has 4 heterocycles. The second-order valence-corrected chi connectivity index (χ2v) is 7.20. The van der Waals surface area contributed by atoms with E-state index in [1.807, 2.05) is 31.3 Å². The zero-order valence-corrected chi connectivity index (χ0v) is 15.0. The Balaban J connectivity index is 1.52. The lowest BCUT2D eigenvalue weighted by Gasteiger charge is -2.20. The number of anilines is 1. The first kappa shape index (κ1) is 16.1. The SMILES string of the molecule is CCOc1cc(-c2ccc(N3CC4C(N)[C@H]4C3)nc2)c2c(C#N)cnn2c1. The Hall–Kier alpha value is -3.11. The monoisotopic (exact) mass is 360 g/mol. The van der Waals surface area contributed by atoms with Crippen LogP contribution in [0.25, 0.3) is 16.6 Å². The van der Waals surface area contributed by atoms with Crippen LogP contribution in [0.3, 0.4) is 0 Å². The normalized spacial score (nSPS) is 23.3. The van der Waals surface area contributed by atoms with E-state index in [0.717, 1.165) is 35.6 Å². The number of piperidine rings is 1. The van der Waals surface area contributed by atoms with Crippen molar-refractivity contribution in [2.24, 2.45) is 17.6 Å². The maximum Gasteiger partial charge on any atom is 0.138 e. The van der Waals surface area contributed by atoms with Crippen LogP contribution in [-0.2, 0) is 0 Å². The van der Waals surface area contributed by atoms with Gasteiger partial charge in [0.25, 0.3) is 0 Å². The molecular weight excluding hydrogens is 340 g/mol. The molecule has 1 aliphatic heterocycles. The molecule has 136 valence electrons. The second kappa shape index (κ2) is 5.96. The van der Waals surface area contributed by atoms with Gasteiger partial charge in [-0.1, -0.05) is 0 Å². The van der Waals surface area contributed by atoms with Gasteiger partial charge in [-0.3, -0.25) is 0 Å². The summed E-state index contributed by atoms with van der Waals surface area (Å²) in [6, 6.07) is 8.63. The molecule has 27 heavy (non-hydrogen) atoms. The summed E-state index contributed by atoms with van der Waals surface area (Å²) in [5, 5.41) is 13.7. The predicted molar refractivity (Wildman–Crippen MR) is 101 cm³/mol. The van der Waals surface area contributed by atoms with Crippen molar-refractivity contribution in [3.8, 4) is 22.9 Å². The van der Waals surface area contributed by atoms with E-state index in [1.165, 1.54) is 0 Å². The predicted octanol–water partition coefficient (Wildman–Crippen LogP) is 2.06. The number of nitrogens with zero attached hydrogens (tertiary/aromatic N) is 5. The average molecular weight is 360 g/mol. The van der Waals surface area contributed by atoms with E-state index < -0.39 is 0 Å². The minimum absolute atomic E-state index is 0.376. The highest BCUT2D eigenvalue weighted by atomic mass is 16.5. The molecule has 1 saturated carbocycles. The number of ether oxygens (including phenoxy) is 1. The number of rotatable bonds is 4. The van der Waals surface area contributed by atoms with Gasteiger partial charge in [-0.05, 0) is 37.0 Å². The third-order valence-corrected chi connectivity index (χ3v) is 5.66. The molecule has 3 atom stereocenters. The van der Waals surface area contributed by atoms with Crippen LogP contribution in [0.5, 0.6) is 5.75 Å². The van der Waals surface area contributed by atoms with E-state index in [-0.39, 0.29) is 0 Å². The van der Waals surface area contributed by atoms with Crippen molar-refractivity contribution < 1.29 is 4.74 Å². The van der Waals surface area contributed by atoms with E-state index >= 15 is 0 Å². The average Bonchev–Trinajstić information content (AvgIpc) is 3.09. The van der Waals surface area contributed by atoms with Gasteiger partial charge in [-0.25, -0.2) is 9.50 Å². The van der Waals surface area contributed by atoms with E-state index in [9.17, 15) is 5.26 Å². The molecule has 0 aromatic carbocycles. The second-order valence-electron chi connectivity index (χ2n) is 7.20. The van der Waals surface area contributed by atoms with Gasteiger partial charge < -0.3 is 15.4 Å². The highest BCUT2D eigenvalue weighted by molar-refractivity contribution is 5.85. The summed E-state index contributed by atoms with van der Waals surface area (Å²) in [5.41, 5.74) is 9.15. The number of nitriles is 1. The molecule has 3 aromatic rings. The fraction of sp³-hybridized carbons (Fsp3) is 0.350. The summed E-state index contributed by atoms with van der Waals surface area (Å²) in [7, 11) is 0. The maximum atomic E-state index is 9.44. The van der Waals surface area contributed by atoms with Crippen LogP contribution in [0.15, 0.2) is 36.8 Å². The fourth-order valence-corrected chi connectivity index (χ4v) is 4.14. The van der Waals surface area contributed by atoms with E-state index in [1.54, 1.807) is 16.9 Å². The highest BCUT2D eigenvalue weighted by Gasteiger charge is 2.53. The van der Waals surface area contributed by atoms with E-state index in [0.29, 0.717) is 35.8 Å². The van der Waals surface area contributed by atoms with Crippen LogP contribution in [0, 0.1) is 23.2 Å². The lowest BCUT2D eigenvalue weighted by atomic mass is 10.1. The van der Waals surface area contributed by atoms with Gasteiger partial charge in [0.1, 0.15) is 17.6 Å². The Morgan fingerprint density at radius 3 is 2.78 bits per heavy atom. The Morgan fingerprint density at radius 1 is 1.30 bits per heavy atom. The molecule has 2 aliphatic rings. The van der Waals surface area contributed by atoms with Crippen molar-refractivity contribution in [1.29, 1.82) is 5.26 Å². The van der Waals surface area contributed by atoms with Gasteiger partial charge in [0.15, 0.2) is 0 Å². The van der Waals surface area contributed by atoms with Crippen molar-refractivity contribution in [2.75, 3.05) is 24.6 Å². The first-order valence-corrected chi connectivity index (χ1v) is 9.21. The van der Waals surface area contributed by atoms with Crippen molar-refractivity contribution in [3.05, 3.63) is 42.4 Å². The van der Waals surface area contributed by atoms with Crippen LogP contribution >= 0.6 is 0 Å². The molecule has 2 N–H and O–H groups in total. The van der Waals surface area contributed by atoms with E-state index in [4.69, 9.17) is 10.5 Å². The molecule has 7 heteroatoms. The molecular formula is C20H20N6O. The molecule has 3 aromatic heterocycles. The van der Waals surface area contributed by atoms with Crippen molar-refractivity contribution >= 4 is 11.3 Å². The van der Waals surface area contributed by atoms with E-state index in [2.05, 4.69) is 21.1 Å². The van der Waals surface area contributed by atoms with Crippen LogP contribution in [0.4, 0.5) is 5.82 Å². The smallest absolute Gasteiger partial charge is 0.138 e. The first-order chi connectivity index (χ1) is 13.2. The number of aromatic nitrogens is 3. The molecule has 7 nitrogen and oxygen atoms in total. The molecule has 1 saturated heterocycles. The van der Waals surface area contributed by atoms with Crippen LogP contribution in [0.2, 0.25) is 0 Å². The molecule has 0 radical (unpaired) electrons. The molecule has 1 aliphatic carbocycles. The first-order valence-electron chi connectivity index (χ1n) is 9.21. The summed E-state index contributed by atoms with van der Waals surface area (Å²) in [6.07, 6.45) is 5.24. The minimum Gasteiger partial charge on any atom is -0.492 e. The summed E-state index contributed by atoms with van der Waals surface area (Å²) in [4.78, 5) is 6.97. The molecule has 0 spiro atoms. The standard InChI is InChI=1S/C20H20N6O/c1-2-27-14-5-15(20-13(6-21)8-24-26(20)9-14)12-3-4-18(23-7-12)25-10-16-17(11-25)19(16)22/h3-5,7-9,16-17,19H,2,10-11,22H2,1H3/t16-,17?,19?/m0/s1. The Morgan fingerprint density at radius 2 is 2.11 bits per heavy atom. The Bertz CT molecular complexity index is 1040. The van der Waals surface area contributed by atoms with Gasteiger partial charge >= 0.3 is 0 Å². The summed E-state index contributed by atoms with van der Waals surface area (Å²) in [6.45, 7) is 4.48. The fourth-order valence-electron chi connectivity index (χ4n) is 4.14. The van der Waals surface area contributed by atoms with Crippen LogP contribution < -0.4 is 15.4 Å². The summed E-state index contributed by atoms with van der Waals surface area (Å²) in [5.74, 6) is 2.94. The van der Waals surface area contributed by atoms with Crippen molar-refractivity contribution in [1.82, 2.24) is 14.6 Å². The number of pyridine rings is 2. The van der Waals surface area contributed by atoms with Crippen molar-refractivity contribution in [2.45, 2.75) is 13.0 Å². The maximum absolute atomic E-state index is 9.44. The third-order valence-electron chi connectivity index (χ3n) is 5.66. The quantitative estimate of drug-likeness (QED) is 0.766. The molecule has 2 fully saturated rings. The number of fused-ring (bicyclic) bond motifs is 2. The minimum atomic E-state index is 0.376. The molecule has 0 amide bonds. The summed E-state index contributed by atoms with van der Waals surface area (Å²) >= 11 is 0. The largest absolute Gasteiger partial charge is 0.492 e. The molecule has 5 rings (SSSR count). The molecule has 0 bridgehead atoms. The van der Waals surface area contributed by atoms with Gasteiger partial charge in [-0.2, -0.15) is 10.4 Å². The van der Waals surface area contributed by atoms with Gasteiger partial charge in [0.2, 0.25) is 0 Å². The third kappa shape index (κ3) is 2.53. The van der Waals surface area contributed by atoms with Crippen molar-refractivity contribution in [3.63, 3.8) is 0 Å². The number of nitrogens with two attached hydrogens (primary N) is 1. The summed E-state index contributed by atoms with van der Waals surface area (Å²) < 4.78 is 7.36. The Kier molecular flexibility index (Phi) is 3.55. The number of hydrogen-bond donors (Lipinski definition) is 1. The van der Waals surface area contributed by atoms with Crippen LogP contribution in [0.1, 0.15) is 12.5 Å². The zero-order chi connectivity index (χ0) is 18.5. The van der Waals surface area contributed by atoms with Gasteiger partial charge in [-0.15, -0.1) is 0 Å². The molecule has 2 unspecified atom stereocenters. The Labute approximate surface area is 157 Å². The zero-order valence-electron chi connectivity index (χ0n) is 15.0. The highest BCUT2D eigenvalue weighted by Crippen LogP contribution is 2.45.